The van der Waals surface area contributed by atoms with Gasteiger partial charge in [0.25, 0.3) is 0 Å². The van der Waals surface area contributed by atoms with E-state index in [9.17, 15) is 4.39 Å². The minimum atomic E-state index is -0.336. The summed E-state index contributed by atoms with van der Waals surface area (Å²) in [5.74, 6) is -0.336. The van der Waals surface area contributed by atoms with Crippen LogP contribution in [-0.4, -0.2) is 4.98 Å². The van der Waals surface area contributed by atoms with Gasteiger partial charge in [-0.1, -0.05) is 65.2 Å². The number of benzene rings is 2. The average Bonchev–Trinajstić information content (AvgIpc) is 2.61. The molecule has 0 aliphatic heterocycles. The Labute approximate surface area is 156 Å². The third-order valence-corrected chi connectivity index (χ3v) is 4.48. The molecular weight excluding hydrogens is 356 g/mol. The lowest BCUT2D eigenvalue weighted by molar-refractivity contribution is 0.665. The van der Waals surface area contributed by atoms with Crippen LogP contribution in [0.4, 0.5) is 4.39 Å². The summed E-state index contributed by atoms with van der Waals surface area (Å²) in [4.78, 5) is 4.44. The molecule has 3 aromatic rings. The third kappa shape index (κ3) is 3.76. The summed E-state index contributed by atoms with van der Waals surface area (Å²) >= 11 is 12.5. The maximum atomic E-state index is 14.1. The first-order valence-corrected chi connectivity index (χ1v) is 8.60. The second kappa shape index (κ2) is 7.38. The second-order valence-corrected chi connectivity index (χ2v) is 6.59. The smallest absolute Gasteiger partial charge is 0.119 e. The van der Waals surface area contributed by atoms with Crippen LogP contribution in [0.1, 0.15) is 23.6 Å². The summed E-state index contributed by atoms with van der Waals surface area (Å²) in [6.45, 7) is 3.66. The molecule has 3 rings (SSSR count). The molecule has 0 N–H and O–H groups in total. The van der Waals surface area contributed by atoms with Crippen molar-refractivity contribution >= 4 is 39.7 Å². The average molecular weight is 372 g/mol. The predicted octanol–water partition coefficient (Wildman–Crippen LogP) is 7.16. The Morgan fingerprint density at radius 3 is 2.48 bits per heavy atom. The van der Waals surface area contributed by atoms with E-state index in [0.29, 0.717) is 26.7 Å². The highest BCUT2D eigenvalue weighted by molar-refractivity contribution is 6.34. The SMILES string of the molecule is CC=C(F)C=C(c1ccc(C)cc1)c1c(Cl)ccc2cc(Cl)cnc12. The van der Waals surface area contributed by atoms with Gasteiger partial charge in [-0.25, -0.2) is 4.39 Å². The maximum absolute atomic E-state index is 14.1. The lowest BCUT2D eigenvalue weighted by atomic mass is 9.94. The molecule has 2 aromatic carbocycles. The highest BCUT2D eigenvalue weighted by Gasteiger charge is 2.15. The molecule has 0 unspecified atom stereocenters. The number of aryl methyl sites for hydroxylation is 1. The molecule has 0 saturated heterocycles. The number of hydrogen-bond donors (Lipinski definition) is 0. The van der Waals surface area contributed by atoms with Crippen LogP contribution in [0.2, 0.25) is 10.0 Å². The zero-order valence-electron chi connectivity index (χ0n) is 13.9. The monoisotopic (exact) mass is 371 g/mol. The molecule has 1 heterocycles. The second-order valence-electron chi connectivity index (χ2n) is 5.75. The lowest BCUT2D eigenvalue weighted by Gasteiger charge is -2.13. The number of aromatic nitrogens is 1. The van der Waals surface area contributed by atoms with E-state index in [1.165, 1.54) is 12.2 Å². The molecule has 0 radical (unpaired) electrons. The fourth-order valence-electron chi connectivity index (χ4n) is 2.66. The predicted molar refractivity (Wildman–Crippen MR) is 105 cm³/mol. The number of allylic oxidation sites excluding steroid dienone is 3. The van der Waals surface area contributed by atoms with Gasteiger partial charge in [0, 0.05) is 17.1 Å². The van der Waals surface area contributed by atoms with Crippen LogP contribution in [0.3, 0.4) is 0 Å². The van der Waals surface area contributed by atoms with Gasteiger partial charge in [0.1, 0.15) is 5.83 Å². The van der Waals surface area contributed by atoms with Crippen molar-refractivity contribution in [2.24, 2.45) is 0 Å². The standard InChI is InChI=1S/C21H16Cl2FN/c1-3-17(24)11-18(14-6-4-13(2)5-7-14)20-19(23)9-8-15-10-16(22)12-25-21(15)20/h3-12H,1-2H3. The van der Waals surface area contributed by atoms with Crippen molar-refractivity contribution in [3.63, 3.8) is 0 Å². The third-order valence-electron chi connectivity index (χ3n) is 3.96. The van der Waals surface area contributed by atoms with E-state index < -0.39 is 0 Å². The van der Waals surface area contributed by atoms with E-state index in [1.54, 1.807) is 19.2 Å². The van der Waals surface area contributed by atoms with E-state index in [0.717, 1.165) is 16.5 Å². The molecule has 0 bridgehead atoms. The number of rotatable bonds is 3. The van der Waals surface area contributed by atoms with Gasteiger partial charge < -0.3 is 0 Å². The molecule has 0 amide bonds. The molecule has 0 aliphatic rings. The Morgan fingerprint density at radius 2 is 1.80 bits per heavy atom. The van der Waals surface area contributed by atoms with Crippen LogP contribution in [-0.2, 0) is 0 Å². The summed E-state index contributed by atoms with van der Waals surface area (Å²) in [6.07, 6.45) is 4.47. The van der Waals surface area contributed by atoms with Gasteiger partial charge >= 0.3 is 0 Å². The van der Waals surface area contributed by atoms with Crippen molar-refractivity contribution in [3.05, 3.63) is 93.4 Å². The topological polar surface area (TPSA) is 12.9 Å². The molecular formula is C21H16Cl2FN. The molecule has 1 nitrogen and oxygen atoms in total. The first-order chi connectivity index (χ1) is 12.0. The van der Waals surface area contributed by atoms with Crippen LogP contribution < -0.4 is 0 Å². The Kier molecular flexibility index (Phi) is 5.22. The molecule has 0 saturated carbocycles. The van der Waals surface area contributed by atoms with Crippen LogP contribution in [0, 0.1) is 6.92 Å². The fourth-order valence-corrected chi connectivity index (χ4v) is 3.08. The maximum Gasteiger partial charge on any atom is 0.119 e. The molecule has 4 heteroatoms. The van der Waals surface area contributed by atoms with Crippen molar-refractivity contribution in [1.29, 1.82) is 0 Å². The van der Waals surface area contributed by atoms with E-state index >= 15 is 0 Å². The summed E-state index contributed by atoms with van der Waals surface area (Å²) < 4.78 is 14.1. The van der Waals surface area contributed by atoms with Crippen molar-refractivity contribution in [2.45, 2.75) is 13.8 Å². The zero-order chi connectivity index (χ0) is 18.0. The number of fused-ring (bicyclic) bond motifs is 1. The summed E-state index contributed by atoms with van der Waals surface area (Å²) in [7, 11) is 0. The van der Waals surface area contributed by atoms with E-state index in [2.05, 4.69) is 4.98 Å². The van der Waals surface area contributed by atoms with E-state index in [1.807, 2.05) is 43.3 Å². The number of pyridine rings is 1. The Balaban J connectivity index is 2.34. The molecule has 126 valence electrons. The normalized spacial score (nSPS) is 12.7. The van der Waals surface area contributed by atoms with Crippen molar-refractivity contribution in [1.82, 2.24) is 4.98 Å². The van der Waals surface area contributed by atoms with E-state index in [-0.39, 0.29) is 5.83 Å². The van der Waals surface area contributed by atoms with Gasteiger partial charge in [0.05, 0.1) is 15.6 Å². The minimum Gasteiger partial charge on any atom is -0.254 e. The number of halogens is 3. The van der Waals surface area contributed by atoms with Crippen LogP contribution in [0.25, 0.3) is 16.5 Å². The molecule has 0 atom stereocenters. The first-order valence-electron chi connectivity index (χ1n) is 7.84. The van der Waals surface area contributed by atoms with Gasteiger partial charge in [-0.2, -0.15) is 0 Å². The highest BCUT2D eigenvalue weighted by atomic mass is 35.5. The summed E-state index contributed by atoms with van der Waals surface area (Å²) in [6, 6.07) is 13.3. The van der Waals surface area contributed by atoms with Gasteiger partial charge in [0.15, 0.2) is 0 Å². The summed E-state index contributed by atoms with van der Waals surface area (Å²) in [5.41, 5.74) is 4.06. The highest BCUT2D eigenvalue weighted by Crippen LogP contribution is 2.36. The first kappa shape index (κ1) is 17.7. The van der Waals surface area contributed by atoms with Crippen molar-refractivity contribution < 1.29 is 4.39 Å². The Bertz CT molecular complexity index is 989. The van der Waals surface area contributed by atoms with Crippen molar-refractivity contribution in [3.8, 4) is 0 Å². The molecule has 25 heavy (non-hydrogen) atoms. The molecule has 0 fully saturated rings. The largest absolute Gasteiger partial charge is 0.254 e. The van der Waals surface area contributed by atoms with Gasteiger partial charge in [-0.15, -0.1) is 0 Å². The minimum absolute atomic E-state index is 0.336. The fraction of sp³-hybridized carbons (Fsp3) is 0.0952. The van der Waals surface area contributed by atoms with Crippen molar-refractivity contribution in [2.75, 3.05) is 0 Å². The lowest BCUT2D eigenvalue weighted by Crippen LogP contribution is -1.94. The molecule has 1 aromatic heterocycles. The van der Waals surface area contributed by atoms with Gasteiger partial charge in [-0.3, -0.25) is 4.98 Å². The zero-order valence-corrected chi connectivity index (χ0v) is 15.4. The quantitative estimate of drug-likeness (QED) is 0.445. The Morgan fingerprint density at radius 1 is 1.08 bits per heavy atom. The van der Waals surface area contributed by atoms with Crippen LogP contribution in [0.15, 0.2) is 66.6 Å². The van der Waals surface area contributed by atoms with Crippen LogP contribution in [0.5, 0.6) is 0 Å². The van der Waals surface area contributed by atoms with Crippen LogP contribution >= 0.6 is 23.2 Å². The molecule has 0 aliphatic carbocycles. The van der Waals surface area contributed by atoms with E-state index in [4.69, 9.17) is 23.2 Å². The summed E-state index contributed by atoms with van der Waals surface area (Å²) in [5, 5.41) is 1.91. The molecule has 0 spiro atoms. The van der Waals surface area contributed by atoms with Gasteiger partial charge in [-0.05, 0) is 43.2 Å². The number of hydrogen-bond acceptors (Lipinski definition) is 1. The number of nitrogens with zero attached hydrogens (tertiary/aromatic N) is 1. The van der Waals surface area contributed by atoms with Gasteiger partial charge in [0.2, 0.25) is 0 Å². The Hall–Kier alpha value is -2.16.